The fourth-order valence-electron chi connectivity index (χ4n) is 5.72. The number of hydrogen-bond donors (Lipinski definition) is 1. The molecule has 4 heterocycles. The van der Waals surface area contributed by atoms with E-state index in [4.69, 9.17) is 18.6 Å². The van der Waals surface area contributed by atoms with Crippen LogP contribution in [0.25, 0.3) is 22.3 Å². The number of rotatable bonds is 10. The van der Waals surface area contributed by atoms with Crippen molar-refractivity contribution in [3.05, 3.63) is 56.9 Å². The first kappa shape index (κ1) is 33.8. The van der Waals surface area contributed by atoms with Gasteiger partial charge in [-0.1, -0.05) is 13.8 Å². The summed E-state index contributed by atoms with van der Waals surface area (Å²) < 4.78 is 80.4. The average Bonchev–Trinajstić information content (AvgIpc) is 3.34. The predicted octanol–water partition coefficient (Wildman–Crippen LogP) is 2.49. The molecule has 0 radical (unpaired) electrons. The van der Waals surface area contributed by atoms with E-state index in [1.54, 1.807) is 19.1 Å². The molecule has 17 heteroatoms. The number of nitrogens with one attached hydrogen (secondary N) is 1. The van der Waals surface area contributed by atoms with Crippen LogP contribution in [0.5, 0.6) is 5.75 Å². The Morgan fingerprint density at radius 1 is 1.17 bits per heavy atom. The number of cyclic esters (lactones) is 1. The van der Waals surface area contributed by atoms with Crippen molar-refractivity contribution in [2.75, 3.05) is 26.4 Å². The lowest BCUT2D eigenvalue weighted by Crippen LogP contribution is -2.49. The zero-order chi connectivity index (χ0) is 34.5. The molecule has 0 spiro atoms. The normalized spacial score (nSPS) is 17.1. The Morgan fingerprint density at radius 2 is 1.89 bits per heavy atom. The lowest BCUT2D eigenvalue weighted by Gasteiger charge is -2.35. The fraction of sp³-hybridized carbons (Fsp3) is 0.433. The van der Waals surface area contributed by atoms with Crippen molar-refractivity contribution >= 4 is 38.9 Å². The Balaban J connectivity index is 1.59. The maximum absolute atomic E-state index is 13.8. The van der Waals surface area contributed by atoms with E-state index in [0.29, 0.717) is 46.4 Å². The van der Waals surface area contributed by atoms with Gasteiger partial charge in [0, 0.05) is 28.6 Å². The maximum atomic E-state index is 13.8. The molecule has 3 aromatic rings. The number of nitrogens with zero attached hydrogens (tertiary/aromatic N) is 3. The molecule has 0 bridgehead atoms. The highest BCUT2D eigenvalue weighted by atomic mass is 32.2. The monoisotopic (exact) mass is 680 g/mol. The van der Waals surface area contributed by atoms with Crippen LogP contribution in [0.1, 0.15) is 48.9 Å². The van der Waals surface area contributed by atoms with Gasteiger partial charge in [-0.3, -0.25) is 14.4 Å². The second-order valence-corrected chi connectivity index (χ2v) is 13.1. The smallest absolute Gasteiger partial charge is 0.457 e. The Hall–Kier alpha value is -4.51. The second kappa shape index (κ2) is 12.3. The molecule has 2 aliphatic heterocycles. The number of esters is 2. The van der Waals surface area contributed by atoms with Crippen LogP contribution in [-0.4, -0.2) is 73.3 Å². The molecular weight excluding hydrogens is 649 g/mol. The quantitative estimate of drug-likeness (QED) is 0.193. The predicted molar refractivity (Wildman–Crippen MR) is 160 cm³/mol. The molecule has 13 nitrogen and oxygen atoms in total. The first-order valence-electron chi connectivity index (χ1n) is 14.5. The summed E-state index contributed by atoms with van der Waals surface area (Å²) in [5.74, 6) is -4.77. The lowest BCUT2D eigenvalue weighted by atomic mass is 9.85. The summed E-state index contributed by atoms with van der Waals surface area (Å²) in [5, 5.41) is 2.00. The molecule has 47 heavy (non-hydrogen) atoms. The van der Waals surface area contributed by atoms with Gasteiger partial charge in [0.25, 0.3) is 5.56 Å². The first-order chi connectivity index (χ1) is 22.0. The van der Waals surface area contributed by atoms with Gasteiger partial charge in [-0.2, -0.15) is 21.6 Å². The van der Waals surface area contributed by atoms with Crippen molar-refractivity contribution in [3.8, 4) is 17.1 Å². The van der Waals surface area contributed by atoms with E-state index in [9.17, 15) is 40.8 Å². The van der Waals surface area contributed by atoms with Gasteiger partial charge >= 0.3 is 34.1 Å². The summed E-state index contributed by atoms with van der Waals surface area (Å²) in [6, 6.07) is 6.37. The second-order valence-electron chi connectivity index (χ2n) is 11.4. The lowest BCUT2D eigenvalue weighted by molar-refractivity contribution is -0.190. The van der Waals surface area contributed by atoms with Crippen LogP contribution in [0.3, 0.4) is 0 Å². The molecule has 0 saturated carbocycles. The zero-order valence-corrected chi connectivity index (χ0v) is 26.6. The van der Waals surface area contributed by atoms with Gasteiger partial charge < -0.3 is 28.4 Å². The summed E-state index contributed by atoms with van der Waals surface area (Å²) in [6.07, 6.45) is -5.11. The number of hydrogen-bond acceptors (Lipinski definition) is 11. The molecule has 0 saturated heterocycles. The standard InChI is InChI=1S/C30H31F3N4O9S/c1-5-9-47(42,43)46-23-8-7-21-17(18(23)14-36(3)4)10-16-13-37-22(25(16)35-21)11-20-19(26(37)39)15-44-28(41)29(20,6-2)45-24(38)12-34-27(40)30(31,32)33/h7-8,10-11H,5-6,9,12-15H2,1-4H3,(H,34,40). The number of benzene rings is 1. The van der Waals surface area contributed by atoms with Crippen LogP contribution in [0.15, 0.2) is 29.1 Å². The van der Waals surface area contributed by atoms with E-state index in [1.807, 2.05) is 19.0 Å². The zero-order valence-electron chi connectivity index (χ0n) is 25.8. The minimum absolute atomic E-state index is 0.00378. The van der Waals surface area contributed by atoms with Crippen molar-refractivity contribution in [1.82, 2.24) is 19.8 Å². The van der Waals surface area contributed by atoms with Crippen molar-refractivity contribution in [2.45, 2.75) is 58.2 Å². The molecule has 2 aliphatic rings. The van der Waals surface area contributed by atoms with Gasteiger partial charge in [-0.25, -0.2) is 9.78 Å². The van der Waals surface area contributed by atoms with Crippen molar-refractivity contribution in [3.63, 3.8) is 0 Å². The van der Waals surface area contributed by atoms with Gasteiger partial charge in [0.05, 0.1) is 34.8 Å². The molecule has 1 atom stereocenters. The molecule has 0 fully saturated rings. The molecule has 252 valence electrons. The highest BCUT2D eigenvalue weighted by molar-refractivity contribution is 7.87. The van der Waals surface area contributed by atoms with E-state index in [2.05, 4.69) is 0 Å². The van der Waals surface area contributed by atoms with Crippen LogP contribution in [-0.2, 0) is 59.3 Å². The summed E-state index contributed by atoms with van der Waals surface area (Å²) >= 11 is 0. The van der Waals surface area contributed by atoms with Crippen LogP contribution in [0.4, 0.5) is 13.2 Å². The van der Waals surface area contributed by atoms with E-state index in [-0.39, 0.29) is 35.6 Å². The minimum Gasteiger partial charge on any atom is -0.457 e. The highest BCUT2D eigenvalue weighted by Gasteiger charge is 2.50. The van der Waals surface area contributed by atoms with Crippen LogP contribution >= 0.6 is 0 Å². The Bertz CT molecular complexity index is 1980. The molecular formula is C30H31F3N4O9S. The molecule has 0 aliphatic carbocycles. The number of amides is 1. The number of aromatic nitrogens is 2. The summed E-state index contributed by atoms with van der Waals surface area (Å²) in [4.78, 5) is 57.4. The number of alkyl halides is 3. The molecule has 1 amide bonds. The van der Waals surface area contributed by atoms with Crippen molar-refractivity contribution in [2.24, 2.45) is 0 Å². The summed E-state index contributed by atoms with van der Waals surface area (Å²) in [5.41, 5.74) is -0.433. The molecule has 1 N–H and O–H groups in total. The van der Waals surface area contributed by atoms with Crippen LogP contribution in [0.2, 0.25) is 0 Å². The van der Waals surface area contributed by atoms with Crippen LogP contribution in [0, 0.1) is 0 Å². The van der Waals surface area contributed by atoms with Gasteiger partial charge in [-0.15, -0.1) is 0 Å². The third-order valence-electron chi connectivity index (χ3n) is 7.81. The fourth-order valence-corrected chi connectivity index (χ4v) is 6.73. The Morgan fingerprint density at radius 3 is 2.53 bits per heavy atom. The minimum atomic E-state index is -5.24. The maximum Gasteiger partial charge on any atom is 0.471 e. The third kappa shape index (κ3) is 6.28. The topological polar surface area (TPSA) is 163 Å². The van der Waals surface area contributed by atoms with Gasteiger partial charge in [0.2, 0.25) is 5.60 Å². The molecule has 1 unspecified atom stereocenters. The largest absolute Gasteiger partial charge is 0.471 e. The number of pyridine rings is 2. The summed E-state index contributed by atoms with van der Waals surface area (Å²) in [6.45, 7) is 1.93. The number of carbonyl (C=O) groups is 3. The highest BCUT2D eigenvalue weighted by Crippen LogP contribution is 2.42. The van der Waals surface area contributed by atoms with E-state index >= 15 is 0 Å². The number of carbonyl (C=O) groups excluding carboxylic acids is 3. The van der Waals surface area contributed by atoms with Gasteiger partial charge in [0.1, 0.15) is 18.9 Å². The molecule has 1 aromatic carbocycles. The number of halogens is 3. The van der Waals surface area contributed by atoms with E-state index in [1.165, 1.54) is 28.9 Å². The first-order valence-corrected chi connectivity index (χ1v) is 16.1. The summed E-state index contributed by atoms with van der Waals surface area (Å²) in [7, 11) is -0.234. The Kier molecular flexibility index (Phi) is 8.83. The number of ether oxygens (including phenoxy) is 2. The molecule has 2 aromatic heterocycles. The van der Waals surface area contributed by atoms with Crippen molar-refractivity contribution < 1.29 is 49.6 Å². The van der Waals surface area contributed by atoms with Crippen LogP contribution < -0.4 is 15.1 Å². The van der Waals surface area contributed by atoms with Gasteiger partial charge in [-0.05, 0) is 51.2 Å². The SMILES string of the molecule is CCCS(=O)(=O)Oc1ccc2nc3c(cc2c1CN(C)C)Cn1c-3cc2c(c1=O)COC(=O)C2(CC)OC(=O)CNC(=O)C(F)(F)F. The van der Waals surface area contributed by atoms with Crippen molar-refractivity contribution in [1.29, 1.82) is 0 Å². The van der Waals surface area contributed by atoms with E-state index < -0.39 is 58.5 Å². The van der Waals surface area contributed by atoms with Gasteiger partial charge in [0.15, 0.2) is 0 Å². The number of fused-ring (bicyclic) bond motifs is 5. The Labute approximate surface area is 266 Å². The third-order valence-corrected chi connectivity index (χ3v) is 9.15. The van der Waals surface area contributed by atoms with E-state index in [0.717, 1.165) is 0 Å². The molecule has 5 rings (SSSR count). The average molecular weight is 681 g/mol.